The highest BCUT2D eigenvalue weighted by atomic mass is 35.5. The molecule has 0 aromatic carbocycles. The number of halogens is 1. The molecule has 2 rings (SSSR count). The van der Waals surface area contributed by atoms with Crippen LogP contribution in [0.3, 0.4) is 0 Å². The van der Waals surface area contributed by atoms with E-state index < -0.39 is 0 Å². The molecule has 2 fully saturated rings. The number of hydrogen-bond donors (Lipinski definition) is 1. The summed E-state index contributed by atoms with van der Waals surface area (Å²) < 4.78 is 5.25. The highest BCUT2D eigenvalue weighted by molar-refractivity contribution is 5.85. The Morgan fingerprint density at radius 3 is 2.69 bits per heavy atom. The van der Waals surface area contributed by atoms with E-state index in [4.69, 9.17) is 4.74 Å². The fourth-order valence-electron chi connectivity index (χ4n) is 2.40. The first-order chi connectivity index (χ1) is 7.27. The van der Waals surface area contributed by atoms with E-state index in [1.54, 1.807) is 0 Å². The fraction of sp³-hybridized carbons (Fsp3) is 0.909. The number of piperidine rings is 1. The second-order valence-corrected chi connectivity index (χ2v) is 4.51. The van der Waals surface area contributed by atoms with Gasteiger partial charge < -0.3 is 15.0 Å². The van der Waals surface area contributed by atoms with Crippen LogP contribution in [0.4, 0.5) is 0 Å². The zero-order chi connectivity index (χ0) is 10.7. The van der Waals surface area contributed by atoms with Gasteiger partial charge in [0.2, 0.25) is 5.91 Å². The van der Waals surface area contributed by atoms with Crippen molar-refractivity contribution in [3.63, 3.8) is 0 Å². The van der Waals surface area contributed by atoms with Gasteiger partial charge >= 0.3 is 0 Å². The molecule has 16 heavy (non-hydrogen) atoms. The van der Waals surface area contributed by atoms with Gasteiger partial charge in [0.25, 0.3) is 0 Å². The predicted octanol–water partition coefficient (Wildman–Crippen LogP) is 0.655. The first kappa shape index (κ1) is 13.7. The summed E-state index contributed by atoms with van der Waals surface area (Å²) in [4.78, 5) is 14.1. The third-order valence-corrected chi connectivity index (χ3v) is 3.30. The van der Waals surface area contributed by atoms with Crippen molar-refractivity contribution in [3.8, 4) is 0 Å². The average molecular weight is 249 g/mol. The molecule has 4 nitrogen and oxygen atoms in total. The number of ether oxygens (including phenoxy) is 1. The van der Waals surface area contributed by atoms with E-state index >= 15 is 0 Å². The third kappa shape index (κ3) is 3.34. The molecule has 1 N–H and O–H groups in total. The minimum absolute atomic E-state index is 0. The van der Waals surface area contributed by atoms with Gasteiger partial charge in [0.1, 0.15) is 0 Å². The molecule has 2 saturated heterocycles. The van der Waals surface area contributed by atoms with Crippen molar-refractivity contribution in [2.45, 2.75) is 25.8 Å². The lowest BCUT2D eigenvalue weighted by Crippen LogP contribution is -2.47. The predicted molar refractivity (Wildman–Crippen MR) is 64.8 cm³/mol. The second-order valence-electron chi connectivity index (χ2n) is 4.51. The molecule has 5 heteroatoms. The normalized spacial score (nSPS) is 30.7. The molecule has 1 amide bonds. The maximum absolute atomic E-state index is 12.1. The van der Waals surface area contributed by atoms with Gasteiger partial charge in [-0.05, 0) is 26.3 Å². The zero-order valence-corrected chi connectivity index (χ0v) is 10.6. The summed E-state index contributed by atoms with van der Waals surface area (Å²) in [6, 6.07) is 0.480. The Morgan fingerprint density at radius 2 is 2.06 bits per heavy atom. The standard InChI is InChI=1S/C11H20N2O2.ClH/c1-9-8-10(2-3-12-9)11(14)13-4-6-15-7-5-13;/h9-10,12H,2-8H2,1H3;1H/t9-,10-;/m0./s1. The second kappa shape index (κ2) is 6.42. The molecule has 2 aliphatic rings. The van der Waals surface area contributed by atoms with E-state index in [0.717, 1.165) is 32.5 Å². The molecule has 2 heterocycles. The number of nitrogens with zero attached hydrogens (tertiary/aromatic N) is 1. The molecule has 0 saturated carbocycles. The molecule has 0 unspecified atom stereocenters. The Kier molecular flexibility index (Phi) is 5.52. The lowest BCUT2D eigenvalue weighted by molar-refractivity contribution is -0.140. The smallest absolute Gasteiger partial charge is 0.225 e. The van der Waals surface area contributed by atoms with E-state index in [2.05, 4.69) is 12.2 Å². The summed E-state index contributed by atoms with van der Waals surface area (Å²) in [5.74, 6) is 0.575. The van der Waals surface area contributed by atoms with E-state index in [0.29, 0.717) is 25.2 Å². The van der Waals surface area contributed by atoms with Crippen molar-refractivity contribution in [2.24, 2.45) is 5.92 Å². The number of nitrogens with one attached hydrogen (secondary N) is 1. The van der Waals surface area contributed by atoms with Crippen molar-refractivity contribution in [3.05, 3.63) is 0 Å². The largest absolute Gasteiger partial charge is 0.378 e. The van der Waals surface area contributed by atoms with E-state index in [9.17, 15) is 4.79 Å². The molecule has 0 spiro atoms. The van der Waals surface area contributed by atoms with Crippen LogP contribution in [-0.2, 0) is 9.53 Å². The lowest BCUT2D eigenvalue weighted by Gasteiger charge is -2.33. The lowest BCUT2D eigenvalue weighted by atomic mass is 9.92. The molecule has 0 bridgehead atoms. The van der Waals surface area contributed by atoms with Crippen molar-refractivity contribution >= 4 is 18.3 Å². The third-order valence-electron chi connectivity index (χ3n) is 3.30. The number of carbonyl (C=O) groups is 1. The highest BCUT2D eigenvalue weighted by Gasteiger charge is 2.29. The number of morpholine rings is 1. The van der Waals surface area contributed by atoms with Crippen LogP contribution in [0, 0.1) is 5.92 Å². The Balaban J connectivity index is 0.00000128. The Hall–Kier alpha value is -0.320. The SMILES string of the molecule is C[C@H]1C[C@@H](C(=O)N2CCOCC2)CCN1.Cl. The first-order valence-corrected chi connectivity index (χ1v) is 5.87. The van der Waals surface area contributed by atoms with Crippen LogP contribution in [-0.4, -0.2) is 49.7 Å². The number of rotatable bonds is 1. The van der Waals surface area contributed by atoms with Crippen LogP contribution in [0.15, 0.2) is 0 Å². The fourth-order valence-corrected chi connectivity index (χ4v) is 2.40. The summed E-state index contributed by atoms with van der Waals surface area (Å²) in [6.07, 6.45) is 1.97. The monoisotopic (exact) mass is 248 g/mol. The number of hydrogen-bond acceptors (Lipinski definition) is 3. The van der Waals surface area contributed by atoms with Crippen molar-refractivity contribution < 1.29 is 9.53 Å². The maximum Gasteiger partial charge on any atom is 0.225 e. The van der Waals surface area contributed by atoms with Crippen molar-refractivity contribution in [2.75, 3.05) is 32.8 Å². The molecule has 0 radical (unpaired) electrons. The van der Waals surface area contributed by atoms with Gasteiger partial charge in [-0.3, -0.25) is 4.79 Å². The summed E-state index contributed by atoms with van der Waals surface area (Å²) in [5.41, 5.74) is 0. The topological polar surface area (TPSA) is 41.6 Å². The molecular weight excluding hydrogens is 228 g/mol. The summed E-state index contributed by atoms with van der Waals surface area (Å²) in [6.45, 7) is 6.08. The highest BCUT2D eigenvalue weighted by Crippen LogP contribution is 2.19. The van der Waals surface area contributed by atoms with Crippen LogP contribution in [0.1, 0.15) is 19.8 Å². The summed E-state index contributed by atoms with van der Waals surface area (Å²) in [7, 11) is 0. The van der Waals surface area contributed by atoms with Crippen LogP contribution in [0.25, 0.3) is 0 Å². The quantitative estimate of drug-likeness (QED) is 0.741. The minimum Gasteiger partial charge on any atom is -0.378 e. The van der Waals surface area contributed by atoms with Crippen molar-refractivity contribution in [1.29, 1.82) is 0 Å². The summed E-state index contributed by atoms with van der Waals surface area (Å²) in [5, 5.41) is 3.37. The van der Waals surface area contributed by atoms with Gasteiger partial charge in [-0.15, -0.1) is 12.4 Å². The van der Waals surface area contributed by atoms with Gasteiger partial charge in [-0.2, -0.15) is 0 Å². The number of amides is 1. The van der Waals surface area contributed by atoms with Gasteiger partial charge in [0.05, 0.1) is 13.2 Å². The van der Waals surface area contributed by atoms with E-state index in [-0.39, 0.29) is 18.3 Å². The van der Waals surface area contributed by atoms with E-state index in [1.165, 1.54) is 0 Å². The molecular formula is C11H21ClN2O2. The van der Waals surface area contributed by atoms with Gasteiger partial charge in [-0.25, -0.2) is 0 Å². The molecule has 94 valence electrons. The molecule has 0 aliphatic carbocycles. The van der Waals surface area contributed by atoms with Gasteiger partial charge in [0.15, 0.2) is 0 Å². The van der Waals surface area contributed by atoms with Crippen molar-refractivity contribution in [1.82, 2.24) is 10.2 Å². The van der Waals surface area contributed by atoms with Crippen LogP contribution in [0.2, 0.25) is 0 Å². The van der Waals surface area contributed by atoms with E-state index in [1.807, 2.05) is 4.90 Å². The summed E-state index contributed by atoms with van der Waals surface area (Å²) >= 11 is 0. The molecule has 2 aliphatic heterocycles. The van der Waals surface area contributed by atoms with Crippen LogP contribution in [0.5, 0.6) is 0 Å². The van der Waals surface area contributed by atoms with Crippen LogP contribution < -0.4 is 5.32 Å². The minimum atomic E-state index is 0. The first-order valence-electron chi connectivity index (χ1n) is 5.87. The Labute approximate surface area is 103 Å². The number of carbonyl (C=O) groups excluding carboxylic acids is 1. The zero-order valence-electron chi connectivity index (χ0n) is 9.78. The average Bonchev–Trinajstić information content (AvgIpc) is 2.29. The van der Waals surface area contributed by atoms with Gasteiger partial charge in [-0.1, -0.05) is 0 Å². The Bertz CT molecular complexity index is 232. The molecule has 0 aromatic rings. The molecule has 2 atom stereocenters. The Morgan fingerprint density at radius 1 is 1.38 bits per heavy atom. The van der Waals surface area contributed by atoms with Gasteiger partial charge in [0, 0.05) is 25.0 Å². The molecule has 0 aromatic heterocycles. The maximum atomic E-state index is 12.1. The van der Waals surface area contributed by atoms with Crippen LogP contribution >= 0.6 is 12.4 Å².